The van der Waals surface area contributed by atoms with E-state index in [9.17, 15) is 15.2 Å². The monoisotopic (exact) mass is 423 g/mol. The van der Waals surface area contributed by atoms with Gasteiger partial charge in [-0.25, -0.2) is 0 Å². The smallest absolute Gasteiger partial charge is 0.320 e. The van der Waals surface area contributed by atoms with Gasteiger partial charge in [0, 0.05) is 5.41 Å². The summed E-state index contributed by atoms with van der Waals surface area (Å²) >= 11 is 0. The first-order chi connectivity index (χ1) is 13.9. The normalized spacial score (nSPS) is 18.0. The number of nitrogens with zero attached hydrogens (tertiary/aromatic N) is 3. The molecule has 0 aliphatic heterocycles. The molecule has 0 amide bonds. The summed E-state index contributed by atoms with van der Waals surface area (Å²) in [4.78, 5) is 13.1. The highest BCUT2D eigenvalue weighted by Crippen LogP contribution is 2.47. The molecule has 2 aromatic rings. The van der Waals surface area contributed by atoms with E-state index in [4.69, 9.17) is 5.26 Å². The van der Waals surface area contributed by atoms with E-state index in [0.29, 0.717) is 17.7 Å². The van der Waals surface area contributed by atoms with E-state index in [2.05, 4.69) is 18.2 Å². The van der Waals surface area contributed by atoms with E-state index in [1.54, 1.807) is 6.92 Å². The summed E-state index contributed by atoms with van der Waals surface area (Å²) in [6.07, 6.45) is 3.59. The average molecular weight is 424 g/mol. The molecule has 0 radical (unpaired) electrons. The summed E-state index contributed by atoms with van der Waals surface area (Å²) in [6, 6.07) is 17.6. The standard InChI is InChI=1S/C24H25N3O2.ClH/c1-17(23(28)29)27(2)13-3-11-24(21-7-4-18(15-25)5-8-21)12-10-20-14-19(16-26)6-9-22(20)24;/h4-9,14,17H,3,10-13H2,1-2H3,(H,28,29);1H/t17-,24?;/m0./s1. The van der Waals surface area contributed by atoms with Crippen LogP contribution in [0.15, 0.2) is 42.5 Å². The van der Waals surface area contributed by atoms with Crippen LogP contribution in [0.25, 0.3) is 0 Å². The number of carboxylic acid groups (broad SMARTS) is 1. The maximum atomic E-state index is 11.2. The lowest BCUT2D eigenvalue weighted by atomic mass is 9.72. The summed E-state index contributed by atoms with van der Waals surface area (Å²) in [5.41, 5.74) is 4.76. The molecule has 1 aliphatic rings. The maximum Gasteiger partial charge on any atom is 0.320 e. The number of hydrogen-bond acceptors (Lipinski definition) is 4. The quantitative estimate of drug-likeness (QED) is 0.718. The lowest BCUT2D eigenvalue weighted by Gasteiger charge is -2.33. The molecular weight excluding hydrogens is 398 g/mol. The van der Waals surface area contributed by atoms with Crippen LogP contribution in [0.2, 0.25) is 0 Å². The van der Waals surface area contributed by atoms with Gasteiger partial charge in [0.1, 0.15) is 6.04 Å². The molecular formula is C24H26ClN3O2. The van der Waals surface area contributed by atoms with Crippen LogP contribution in [0, 0.1) is 22.7 Å². The minimum absolute atomic E-state index is 0. The SMILES string of the molecule is C[C@@H](C(=O)O)N(C)CCCC1(c2ccc(C#N)cc2)CCc2cc(C#N)ccc21.Cl. The second-order valence-electron chi connectivity index (χ2n) is 7.85. The van der Waals surface area contributed by atoms with Gasteiger partial charge in [-0.2, -0.15) is 10.5 Å². The molecule has 5 nitrogen and oxygen atoms in total. The zero-order valence-electron chi connectivity index (χ0n) is 17.3. The maximum absolute atomic E-state index is 11.2. The second kappa shape index (κ2) is 9.76. The fourth-order valence-corrected chi connectivity index (χ4v) is 4.40. The van der Waals surface area contributed by atoms with Crippen molar-refractivity contribution in [1.82, 2.24) is 4.90 Å². The number of rotatable bonds is 7. The highest BCUT2D eigenvalue weighted by atomic mass is 35.5. The van der Waals surface area contributed by atoms with Gasteiger partial charge < -0.3 is 5.11 Å². The molecule has 3 rings (SSSR count). The van der Waals surface area contributed by atoms with E-state index in [1.807, 2.05) is 48.3 Å². The number of aliphatic carboxylic acids is 1. The van der Waals surface area contributed by atoms with E-state index >= 15 is 0 Å². The molecule has 0 saturated carbocycles. The first-order valence-corrected chi connectivity index (χ1v) is 9.88. The fourth-order valence-electron chi connectivity index (χ4n) is 4.40. The molecule has 0 spiro atoms. The van der Waals surface area contributed by atoms with E-state index in [0.717, 1.165) is 25.7 Å². The number of hydrogen-bond donors (Lipinski definition) is 1. The molecule has 156 valence electrons. The van der Waals surface area contributed by atoms with Gasteiger partial charge in [0.2, 0.25) is 0 Å². The molecule has 0 fully saturated rings. The molecule has 2 aromatic carbocycles. The predicted molar refractivity (Wildman–Crippen MR) is 118 cm³/mol. The fraction of sp³-hybridized carbons (Fsp3) is 0.375. The Morgan fingerprint density at radius 2 is 1.80 bits per heavy atom. The number of carbonyl (C=O) groups is 1. The Kier molecular flexibility index (Phi) is 7.62. The van der Waals surface area contributed by atoms with Gasteiger partial charge >= 0.3 is 5.97 Å². The van der Waals surface area contributed by atoms with Crippen molar-refractivity contribution in [2.75, 3.05) is 13.6 Å². The third-order valence-electron chi connectivity index (χ3n) is 6.27. The Hall–Kier alpha value is -2.86. The van der Waals surface area contributed by atoms with Crippen molar-refractivity contribution in [3.8, 4) is 12.1 Å². The van der Waals surface area contributed by atoms with Gasteiger partial charge in [-0.15, -0.1) is 12.4 Å². The molecule has 2 atom stereocenters. The first kappa shape index (κ1) is 23.4. The van der Waals surface area contributed by atoms with Crippen molar-refractivity contribution < 1.29 is 9.90 Å². The van der Waals surface area contributed by atoms with Crippen molar-refractivity contribution in [2.45, 2.75) is 44.1 Å². The molecule has 0 aromatic heterocycles. The van der Waals surface area contributed by atoms with Crippen LogP contribution in [0.4, 0.5) is 0 Å². The van der Waals surface area contributed by atoms with Gasteiger partial charge in [-0.1, -0.05) is 18.2 Å². The molecule has 1 unspecified atom stereocenters. The van der Waals surface area contributed by atoms with Crippen LogP contribution in [0.5, 0.6) is 0 Å². The van der Waals surface area contributed by atoms with Gasteiger partial charge in [-0.05, 0) is 87.2 Å². The Morgan fingerprint density at radius 3 is 2.40 bits per heavy atom. The minimum Gasteiger partial charge on any atom is -0.480 e. The third-order valence-corrected chi connectivity index (χ3v) is 6.27. The zero-order chi connectivity index (χ0) is 21.0. The molecule has 0 heterocycles. The van der Waals surface area contributed by atoms with Crippen molar-refractivity contribution in [2.24, 2.45) is 0 Å². The zero-order valence-corrected chi connectivity index (χ0v) is 18.1. The Bertz CT molecular complexity index is 991. The average Bonchev–Trinajstić information content (AvgIpc) is 3.11. The summed E-state index contributed by atoms with van der Waals surface area (Å²) in [6.45, 7) is 2.39. The van der Waals surface area contributed by atoms with Gasteiger partial charge in [0.15, 0.2) is 0 Å². The predicted octanol–water partition coefficient (Wildman–Crippen LogP) is 4.27. The molecule has 1 aliphatic carbocycles. The van der Waals surface area contributed by atoms with Crippen LogP contribution < -0.4 is 0 Å². The topological polar surface area (TPSA) is 88.1 Å². The van der Waals surface area contributed by atoms with Crippen LogP contribution in [-0.2, 0) is 16.6 Å². The number of likely N-dealkylation sites (N-methyl/N-ethyl adjacent to an activating group) is 1. The van der Waals surface area contributed by atoms with Gasteiger partial charge in [0.05, 0.1) is 23.3 Å². The number of fused-ring (bicyclic) bond motifs is 1. The summed E-state index contributed by atoms with van der Waals surface area (Å²) in [5.74, 6) is -0.815. The Balaban J connectivity index is 0.00000320. The number of aryl methyl sites for hydroxylation is 1. The molecule has 30 heavy (non-hydrogen) atoms. The van der Waals surface area contributed by atoms with Crippen molar-refractivity contribution in [1.29, 1.82) is 10.5 Å². The van der Waals surface area contributed by atoms with Gasteiger partial charge in [-0.3, -0.25) is 9.69 Å². The highest BCUT2D eigenvalue weighted by Gasteiger charge is 2.40. The Morgan fingerprint density at radius 1 is 1.17 bits per heavy atom. The largest absolute Gasteiger partial charge is 0.480 e. The van der Waals surface area contributed by atoms with Crippen LogP contribution in [0.1, 0.15) is 54.0 Å². The van der Waals surface area contributed by atoms with Crippen LogP contribution >= 0.6 is 12.4 Å². The minimum atomic E-state index is -0.815. The third kappa shape index (κ3) is 4.49. The lowest BCUT2D eigenvalue weighted by molar-refractivity contribution is -0.142. The van der Waals surface area contributed by atoms with E-state index in [1.165, 1.54) is 16.7 Å². The molecule has 6 heteroatoms. The summed E-state index contributed by atoms with van der Waals surface area (Å²) in [5, 5.41) is 27.6. The van der Waals surface area contributed by atoms with Crippen molar-refractivity contribution in [3.05, 3.63) is 70.3 Å². The lowest BCUT2D eigenvalue weighted by Crippen LogP contribution is -2.37. The van der Waals surface area contributed by atoms with Crippen molar-refractivity contribution in [3.63, 3.8) is 0 Å². The van der Waals surface area contributed by atoms with Crippen LogP contribution in [0.3, 0.4) is 0 Å². The van der Waals surface area contributed by atoms with Gasteiger partial charge in [0.25, 0.3) is 0 Å². The first-order valence-electron chi connectivity index (χ1n) is 9.88. The number of carboxylic acids is 1. The molecule has 0 saturated heterocycles. The van der Waals surface area contributed by atoms with Crippen LogP contribution in [-0.4, -0.2) is 35.6 Å². The Labute approximate surface area is 184 Å². The van der Waals surface area contributed by atoms with E-state index < -0.39 is 12.0 Å². The highest BCUT2D eigenvalue weighted by molar-refractivity contribution is 5.85. The molecule has 1 N–H and O–H groups in total. The van der Waals surface area contributed by atoms with E-state index in [-0.39, 0.29) is 17.8 Å². The molecule has 0 bridgehead atoms. The number of nitriles is 2. The summed E-state index contributed by atoms with van der Waals surface area (Å²) in [7, 11) is 1.84. The summed E-state index contributed by atoms with van der Waals surface area (Å²) < 4.78 is 0. The number of halogens is 1. The number of benzene rings is 2. The van der Waals surface area contributed by atoms with Crippen molar-refractivity contribution >= 4 is 18.4 Å². The second-order valence-corrected chi connectivity index (χ2v) is 7.85.